The Bertz CT molecular complexity index is 402. The molecule has 0 aliphatic heterocycles. The summed E-state index contributed by atoms with van der Waals surface area (Å²) in [6.45, 7) is 2.04. The second-order valence-electron chi connectivity index (χ2n) is 2.89. The number of hydrogen-bond donors (Lipinski definition) is 1. The predicted octanol–water partition coefficient (Wildman–Crippen LogP) is 1.16. The standard InChI is InChI=1S/C9H10N4/c1-7-2-4-8(5-3-7)13-6-11-12-9(13)10/h2-6H,1H3,(H2,10,12). The highest BCUT2D eigenvalue weighted by atomic mass is 15.3. The Hall–Kier alpha value is -1.84. The lowest BCUT2D eigenvalue weighted by Gasteiger charge is -2.02. The van der Waals surface area contributed by atoms with Crippen LogP contribution in [0.25, 0.3) is 5.69 Å². The maximum absolute atomic E-state index is 5.60. The molecule has 0 saturated carbocycles. The SMILES string of the molecule is Cc1ccc(-n2cnnc2N)cc1. The van der Waals surface area contributed by atoms with Gasteiger partial charge in [-0.2, -0.15) is 0 Å². The van der Waals surface area contributed by atoms with Gasteiger partial charge < -0.3 is 5.73 Å². The number of rotatable bonds is 1. The highest BCUT2D eigenvalue weighted by Crippen LogP contribution is 2.11. The van der Waals surface area contributed by atoms with Crippen LogP contribution >= 0.6 is 0 Å². The summed E-state index contributed by atoms with van der Waals surface area (Å²) in [5, 5.41) is 7.41. The highest BCUT2D eigenvalue weighted by molar-refractivity contribution is 5.39. The largest absolute Gasteiger partial charge is 0.368 e. The monoisotopic (exact) mass is 174 g/mol. The molecule has 4 heteroatoms. The smallest absolute Gasteiger partial charge is 0.226 e. The van der Waals surface area contributed by atoms with Gasteiger partial charge in [0.1, 0.15) is 6.33 Å². The fourth-order valence-corrected chi connectivity index (χ4v) is 1.15. The second-order valence-corrected chi connectivity index (χ2v) is 2.89. The molecule has 0 saturated heterocycles. The van der Waals surface area contributed by atoms with Gasteiger partial charge in [-0.15, -0.1) is 10.2 Å². The van der Waals surface area contributed by atoms with Crippen LogP contribution in [-0.4, -0.2) is 14.8 Å². The molecule has 0 bridgehead atoms. The molecule has 0 spiro atoms. The number of hydrogen-bond acceptors (Lipinski definition) is 3. The van der Waals surface area contributed by atoms with Gasteiger partial charge in [0, 0.05) is 0 Å². The van der Waals surface area contributed by atoms with Crippen molar-refractivity contribution in [2.45, 2.75) is 6.92 Å². The fraction of sp³-hybridized carbons (Fsp3) is 0.111. The molecule has 0 amide bonds. The lowest BCUT2D eigenvalue weighted by Crippen LogP contribution is -1.99. The van der Waals surface area contributed by atoms with E-state index in [0.29, 0.717) is 5.95 Å². The molecule has 1 aromatic heterocycles. The Morgan fingerprint density at radius 2 is 1.92 bits per heavy atom. The first-order chi connectivity index (χ1) is 6.27. The molecule has 1 aromatic carbocycles. The molecule has 1 heterocycles. The van der Waals surface area contributed by atoms with Gasteiger partial charge in [0.15, 0.2) is 0 Å². The van der Waals surface area contributed by atoms with E-state index in [1.165, 1.54) is 5.56 Å². The van der Waals surface area contributed by atoms with Crippen LogP contribution in [0.15, 0.2) is 30.6 Å². The summed E-state index contributed by atoms with van der Waals surface area (Å²) in [6, 6.07) is 8.01. The first kappa shape index (κ1) is 7.79. The molecular formula is C9H10N4. The van der Waals surface area contributed by atoms with E-state index in [1.807, 2.05) is 31.2 Å². The lowest BCUT2D eigenvalue weighted by atomic mass is 10.2. The molecule has 66 valence electrons. The van der Waals surface area contributed by atoms with Crippen LogP contribution in [-0.2, 0) is 0 Å². The molecule has 4 nitrogen and oxygen atoms in total. The highest BCUT2D eigenvalue weighted by Gasteiger charge is 2.00. The van der Waals surface area contributed by atoms with Crippen molar-refractivity contribution in [1.82, 2.24) is 14.8 Å². The van der Waals surface area contributed by atoms with Gasteiger partial charge in [0.2, 0.25) is 5.95 Å². The molecule has 2 N–H and O–H groups in total. The van der Waals surface area contributed by atoms with Gasteiger partial charge in [-0.05, 0) is 19.1 Å². The summed E-state index contributed by atoms with van der Waals surface area (Å²) >= 11 is 0. The van der Waals surface area contributed by atoms with E-state index in [2.05, 4.69) is 10.2 Å². The van der Waals surface area contributed by atoms with E-state index in [1.54, 1.807) is 10.9 Å². The maximum atomic E-state index is 5.60. The van der Waals surface area contributed by atoms with Crippen molar-refractivity contribution >= 4 is 5.95 Å². The Kier molecular flexibility index (Phi) is 1.73. The minimum Gasteiger partial charge on any atom is -0.368 e. The zero-order chi connectivity index (χ0) is 9.26. The molecule has 0 fully saturated rings. The zero-order valence-electron chi connectivity index (χ0n) is 7.31. The fourth-order valence-electron chi connectivity index (χ4n) is 1.15. The third kappa shape index (κ3) is 1.38. The summed E-state index contributed by atoms with van der Waals surface area (Å²) in [5.74, 6) is 0.406. The lowest BCUT2D eigenvalue weighted by molar-refractivity contribution is 1.06. The number of aromatic nitrogens is 3. The van der Waals surface area contributed by atoms with Crippen LogP contribution in [0.5, 0.6) is 0 Å². The number of nitrogen functional groups attached to an aromatic ring is 1. The maximum Gasteiger partial charge on any atom is 0.226 e. The van der Waals surface area contributed by atoms with Crippen LogP contribution in [0.3, 0.4) is 0 Å². The van der Waals surface area contributed by atoms with Crippen molar-refractivity contribution in [3.63, 3.8) is 0 Å². The van der Waals surface area contributed by atoms with Crippen molar-refractivity contribution in [3.8, 4) is 5.69 Å². The molecule has 0 aliphatic rings. The van der Waals surface area contributed by atoms with Crippen molar-refractivity contribution < 1.29 is 0 Å². The summed E-state index contributed by atoms with van der Waals surface area (Å²) in [6.07, 6.45) is 1.60. The van der Waals surface area contributed by atoms with E-state index in [9.17, 15) is 0 Å². The molecule has 0 aliphatic carbocycles. The van der Waals surface area contributed by atoms with E-state index in [-0.39, 0.29) is 0 Å². The topological polar surface area (TPSA) is 56.7 Å². The quantitative estimate of drug-likeness (QED) is 0.705. The van der Waals surface area contributed by atoms with Crippen molar-refractivity contribution in [3.05, 3.63) is 36.2 Å². The zero-order valence-corrected chi connectivity index (χ0v) is 7.31. The van der Waals surface area contributed by atoms with Crippen LogP contribution in [0.2, 0.25) is 0 Å². The minimum atomic E-state index is 0.406. The summed E-state index contributed by atoms with van der Waals surface area (Å²) in [4.78, 5) is 0. The third-order valence-electron chi connectivity index (χ3n) is 1.89. The molecule has 0 radical (unpaired) electrons. The third-order valence-corrected chi connectivity index (χ3v) is 1.89. The van der Waals surface area contributed by atoms with E-state index < -0.39 is 0 Å². The summed E-state index contributed by atoms with van der Waals surface area (Å²) in [7, 11) is 0. The Morgan fingerprint density at radius 1 is 1.23 bits per heavy atom. The first-order valence-corrected chi connectivity index (χ1v) is 4.00. The van der Waals surface area contributed by atoms with E-state index in [4.69, 9.17) is 5.73 Å². The van der Waals surface area contributed by atoms with Gasteiger partial charge in [0.05, 0.1) is 5.69 Å². The number of anilines is 1. The molecule has 2 aromatic rings. The van der Waals surface area contributed by atoms with Crippen molar-refractivity contribution in [1.29, 1.82) is 0 Å². The van der Waals surface area contributed by atoms with E-state index in [0.717, 1.165) is 5.69 Å². The Morgan fingerprint density at radius 3 is 2.46 bits per heavy atom. The number of nitrogens with two attached hydrogens (primary N) is 1. The van der Waals surface area contributed by atoms with Crippen LogP contribution in [0, 0.1) is 6.92 Å². The van der Waals surface area contributed by atoms with Gasteiger partial charge >= 0.3 is 0 Å². The molecule has 0 atom stereocenters. The predicted molar refractivity (Wildman–Crippen MR) is 50.5 cm³/mol. The van der Waals surface area contributed by atoms with Crippen molar-refractivity contribution in [2.75, 3.05) is 5.73 Å². The summed E-state index contributed by atoms with van der Waals surface area (Å²) < 4.78 is 1.74. The van der Waals surface area contributed by atoms with Gasteiger partial charge in [-0.25, -0.2) is 0 Å². The van der Waals surface area contributed by atoms with Crippen LogP contribution in [0.1, 0.15) is 5.56 Å². The Labute approximate surface area is 76.0 Å². The second kappa shape index (κ2) is 2.90. The molecule has 13 heavy (non-hydrogen) atoms. The number of aryl methyl sites for hydroxylation is 1. The number of benzene rings is 1. The van der Waals surface area contributed by atoms with Crippen molar-refractivity contribution in [2.24, 2.45) is 0 Å². The average Bonchev–Trinajstić information content (AvgIpc) is 2.53. The molecule has 0 unspecified atom stereocenters. The van der Waals surface area contributed by atoms with Gasteiger partial charge in [-0.1, -0.05) is 17.7 Å². The average molecular weight is 174 g/mol. The van der Waals surface area contributed by atoms with E-state index >= 15 is 0 Å². The van der Waals surface area contributed by atoms with Gasteiger partial charge in [-0.3, -0.25) is 4.57 Å². The molecular weight excluding hydrogens is 164 g/mol. The first-order valence-electron chi connectivity index (χ1n) is 4.00. The van der Waals surface area contributed by atoms with Gasteiger partial charge in [0.25, 0.3) is 0 Å². The number of nitrogens with zero attached hydrogens (tertiary/aromatic N) is 3. The van der Waals surface area contributed by atoms with Crippen LogP contribution in [0.4, 0.5) is 5.95 Å². The molecule has 2 rings (SSSR count). The normalized spacial score (nSPS) is 10.2. The Balaban J connectivity index is 2.47. The van der Waals surface area contributed by atoms with Crippen LogP contribution < -0.4 is 5.73 Å². The summed E-state index contributed by atoms with van der Waals surface area (Å²) in [5.41, 5.74) is 7.80. The minimum absolute atomic E-state index is 0.406.